The summed E-state index contributed by atoms with van der Waals surface area (Å²) in [5.74, 6) is 0.561. The third kappa shape index (κ3) is 2.81. The lowest BCUT2D eigenvalue weighted by molar-refractivity contribution is 0.601. The summed E-state index contributed by atoms with van der Waals surface area (Å²) in [5, 5.41) is 4.41. The van der Waals surface area contributed by atoms with Crippen LogP contribution in [-0.2, 0) is 6.54 Å². The minimum absolute atomic E-state index is 0.122. The number of aliphatic imine (C=N–C) groups is 1. The van der Waals surface area contributed by atoms with Gasteiger partial charge in [-0.3, -0.25) is 9.67 Å². The van der Waals surface area contributed by atoms with Gasteiger partial charge in [-0.15, -0.1) is 0 Å². The first kappa shape index (κ1) is 14.1. The second-order valence-electron chi connectivity index (χ2n) is 5.10. The molecule has 6 heteroatoms. The van der Waals surface area contributed by atoms with Crippen LogP contribution in [0, 0.1) is 0 Å². The Hall–Kier alpha value is -1.82. The van der Waals surface area contributed by atoms with Crippen molar-refractivity contribution < 1.29 is 0 Å². The summed E-state index contributed by atoms with van der Waals surface area (Å²) in [6.45, 7) is 3.74. The Morgan fingerprint density at radius 2 is 2.10 bits per heavy atom. The summed E-state index contributed by atoms with van der Waals surface area (Å²) >= 11 is 3.46. The van der Waals surface area contributed by atoms with E-state index >= 15 is 0 Å². The van der Waals surface area contributed by atoms with Gasteiger partial charge in [-0.25, -0.2) is 0 Å². The summed E-state index contributed by atoms with van der Waals surface area (Å²) in [5.41, 5.74) is 8.27. The number of nitrogens with zero attached hydrogens (tertiary/aromatic N) is 4. The lowest BCUT2D eigenvalue weighted by Gasteiger charge is -2.25. The van der Waals surface area contributed by atoms with E-state index in [-0.39, 0.29) is 6.04 Å². The van der Waals surface area contributed by atoms with Crippen molar-refractivity contribution in [3.63, 3.8) is 0 Å². The summed E-state index contributed by atoms with van der Waals surface area (Å²) in [4.78, 5) is 6.47. The Labute approximate surface area is 132 Å². The van der Waals surface area contributed by atoms with Gasteiger partial charge in [-0.05, 0) is 30.7 Å². The van der Waals surface area contributed by atoms with Crippen molar-refractivity contribution in [3.8, 4) is 0 Å². The number of aryl methyl sites for hydroxylation is 1. The fraction of sp³-hybridized carbons (Fsp3) is 0.333. The molecule has 2 N–H and O–H groups in total. The number of halogens is 1. The lowest BCUT2D eigenvalue weighted by Crippen LogP contribution is -2.35. The minimum atomic E-state index is 0.122. The lowest BCUT2D eigenvalue weighted by atomic mass is 10.1. The minimum Gasteiger partial charge on any atom is -0.369 e. The summed E-state index contributed by atoms with van der Waals surface area (Å²) in [6, 6.07) is 8.23. The molecule has 1 aromatic carbocycles. The van der Waals surface area contributed by atoms with Gasteiger partial charge in [0.1, 0.15) is 0 Å². The highest BCUT2D eigenvalue weighted by Gasteiger charge is 2.29. The second kappa shape index (κ2) is 5.89. The van der Waals surface area contributed by atoms with E-state index in [0.29, 0.717) is 12.5 Å². The largest absolute Gasteiger partial charge is 0.369 e. The molecule has 110 valence electrons. The van der Waals surface area contributed by atoms with Crippen LogP contribution in [0.25, 0.3) is 0 Å². The molecule has 2 aromatic rings. The molecule has 0 radical (unpaired) electrons. The van der Waals surface area contributed by atoms with Crippen molar-refractivity contribution in [3.05, 3.63) is 46.7 Å². The van der Waals surface area contributed by atoms with Gasteiger partial charge in [-0.2, -0.15) is 5.10 Å². The molecule has 1 aliphatic rings. The maximum atomic E-state index is 6.08. The molecule has 21 heavy (non-hydrogen) atoms. The van der Waals surface area contributed by atoms with Crippen molar-refractivity contribution in [2.75, 3.05) is 11.4 Å². The van der Waals surface area contributed by atoms with Crippen LogP contribution in [0.3, 0.4) is 0 Å². The zero-order valence-corrected chi connectivity index (χ0v) is 13.5. The molecule has 0 aliphatic carbocycles. The van der Waals surface area contributed by atoms with Crippen LogP contribution in [0.4, 0.5) is 5.69 Å². The number of hydrogen-bond donors (Lipinski definition) is 1. The first-order valence-corrected chi connectivity index (χ1v) is 7.85. The summed E-state index contributed by atoms with van der Waals surface area (Å²) in [7, 11) is 0. The average Bonchev–Trinajstić information content (AvgIpc) is 3.07. The molecule has 0 fully saturated rings. The number of hydrogen-bond acceptors (Lipinski definition) is 4. The van der Waals surface area contributed by atoms with Gasteiger partial charge in [0.2, 0.25) is 0 Å². The van der Waals surface area contributed by atoms with Gasteiger partial charge in [0, 0.05) is 28.5 Å². The Bertz CT molecular complexity index is 646. The van der Waals surface area contributed by atoms with Gasteiger partial charge in [0.05, 0.1) is 18.8 Å². The Morgan fingerprint density at radius 1 is 1.33 bits per heavy atom. The maximum Gasteiger partial charge on any atom is 0.196 e. The molecule has 0 saturated heterocycles. The topological polar surface area (TPSA) is 59.4 Å². The normalized spacial score (nSPS) is 18.1. The molecular formula is C15H18BrN5. The van der Waals surface area contributed by atoms with Gasteiger partial charge in [0.25, 0.3) is 0 Å². The maximum absolute atomic E-state index is 6.08. The predicted molar refractivity (Wildman–Crippen MR) is 88.4 cm³/mol. The molecule has 2 heterocycles. The highest BCUT2D eigenvalue weighted by molar-refractivity contribution is 9.10. The van der Waals surface area contributed by atoms with Crippen molar-refractivity contribution >= 4 is 27.6 Å². The van der Waals surface area contributed by atoms with E-state index < -0.39 is 0 Å². The number of benzene rings is 1. The van der Waals surface area contributed by atoms with E-state index in [4.69, 9.17) is 5.73 Å². The van der Waals surface area contributed by atoms with E-state index in [0.717, 1.165) is 28.7 Å². The third-order valence-electron chi connectivity index (χ3n) is 3.58. The Kier molecular flexibility index (Phi) is 3.96. The van der Waals surface area contributed by atoms with Crippen molar-refractivity contribution in [2.24, 2.45) is 10.7 Å². The van der Waals surface area contributed by atoms with Gasteiger partial charge >= 0.3 is 0 Å². The number of guanidine groups is 1. The van der Waals surface area contributed by atoms with Gasteiger partial charge < -0.3 is 10.6 Å². The van der Waals surface area contributed by atoms with Gasteiger partial charge in [-0.1, -0.05) is 22.9 Å². The van der Waals surface area contributed by atoms with E-state index in [2.05, 4.69) is 44.0 Å². The molecule has 1 atom stereocenters. The average molecular weight is 348 g/mol. The molecule has 3 rings (SSSR count). The van der Waals surface area contributed by atoms with Crippen LogP contribution in [0.2, 0.25) is 0 Å². The SMILES string of the molecule is CCCn1cc(C2CN=C(N)N2c2ccc(Br)cc2)cn1. The number of aromatic nitrogens is 2. The number of nitrogens with two attached hydrogens (primary N) is 1. The smallest absolute Gasteiger partial charge is 0.196 e. The molecule has 0 spiro atoms. The van der Waals surface area contributed by atoms with Crippen molar-refractivity contribution in [1.29, 1.82) is 0 Å². The van der Waals surface area contributed by atoms with E-state index in [1.165, 1.54) is 0 Å². The van der Waals surface area contributed by atoms with Crippen LogP contribution in [0.5, 0.6) is 0 Å². The fourth-order valence-corrected chi connectivity index (χ4v) is 2.83. The van der Waals surface area contributed by atoms with E-state index in [9.17, 15) is 0 Å². The first-order valence-electron chi connectivity index (χ1n) is 7.06. The van der Waals surface area contributed by atoms with Crippen LogP contribution in [-0.4, -0.2) is 22.3 Å². The highest BCUT2D eigenvalue weighted by atomic mass is 79.9. The summed E-state index contributed by atoms with van der Waals surface area (Å²) < 4.78 is 3.03. The molecule has 0 saturated carbocycles. The zero-order chi connectivity index (χ0) is 14.8. The molecular weight excluding hydrogens is 330 g/mol. The summed E-state index contributed by atoms with van der Waals surface area (Å²) in [6.07, 6.45) is 5.08. The molecule has 1 aromatic heterocycles. The van der Waals surface area contributed by atoms with Gasteiger partial charge in [0.15, 0.2) is 5.96 Å². The molecule has 0 bridgehead atoms. The highest BCUT2D eigenvalue weighted by Crippen LogP contribution is 2.31. The van der Waals surface area contributed by atoms with E-state index in [1.807, 2.05) is 35.1 Å². The Balaban J connectivity index is 1.89. The van der Waals surface area contributed by atoms with Crippen LogP contribution < -0.4 is 10.6 Å². The van der Waals surface area contributed by atoms with Crippen molar-refractivity contribution in [2.45, 2.75) is 25.9 Å². The molecule has 1 unspecified atom stereocenters. The first-order chi connectivity index (χ1) is 10.2. The van der Waals surface area contributed by atoms with Crippen molar-refractivity contribution in [1.82, 2.24) is 9.78 Å². The standard InChI is InChI=1S/C15H18BrN5/c1-2-7-20-10-11(8-19-20)14-9-18-15(17)21(14)13-5-3-12(16)4-6-13/h3-6,8,10,14H,2,7,9H2,1H3,(H2,17,18). The molecule has 1 aliphatic heterocycles. The quantitative estimate of drug-likeness (QED) is 0.924. The van der Waals surface area contributed by atoms with E-state index in [1.54, 1.807) is 0 Å². The van der Waals surface area contributed by atoms with Crippen LogP contribution in [0.15, 0.2) is 46.1 Å². The molecule has 0 amide bonds. The number of rotatable bonds is 4. The monoisotopic (exact) mass is 347 g/mol. The number of anilines is 1. The zero-order valence-electron chi connectivity index (χ0n) is 11.9. The van der Waals surface area contributed by atoms with Crippen LogP contribution in [0.1, 0.15) is 24.9 Å². The Morgan fingerprint density at radius 3 is 2.81 bits per heavy atom. The third-order valence-corrected chi connectivity index (χ3v) is 4.11. The molecule has 5 nitrogen and oxygen atoms in total. The van der Waals surface area contributed by atoms with Crippen LogP contribution >= 0.6 is 15.9 Å². The second-order valence-corrected chi connectivity index (χ2v) is 6.01. The predicted octanol–water partition coefficient (Wildman–Crippen LogP) is 2.93. The fourth-order valence-electron chi connectivity index (χ4n) is 2.57.